The zero-order valence-corrected chi connectivity index (χ0v) is 18.2. The van der Waals surface area contributed by atoms with Gasteiger partial charge in [0.15, 0.2) is 0 Å². The predicted octanol–water partition coefficient (Wildman–Crippen LogP) is 4.93. The number of aromatic nitrogens is 1. The van der Waals surface area contributed by atoms with E-state index in [2.05, 4.69) is 32.7 Å². The summed E-state index contributed by atoms with van der Waals surface area (Å²) in [5.41, 5.74) is 4.85. The molecule has 3 N–H and O–H groups in total. The van der Waals surface area contributed by atoms with Gasteiger partial charge in [0.05, 0.1) is 7.11 Å². The zero-order chi connectivity index (χ0) is 22.3. The number of carbonyl (C=O) groups excluding carboxylic acids is 1. The third-order valence-corrected chi connectivity index (χ3v) is 5.22. The van der Waals surface area contributed by atoms with Crippen LogP contribution in [0.25, 0.3) is 10.9 Å². The van der Waals surface area contributed by atoms with Crippen LogP contribution in [0.2, 0.25) is 0 Å². The molecule has 162 valence electrons. The fraction of sp³-hybridized carbons (Fsp3) is 0.154. The molecule has 0 saturated heterocycles. The molecule has 1 aromatic heterocycles. The highest BCUT2D eigenvalue weighted by Gasteiger charge is 2.10. The van der Waals surface area contributed by atoms with Crippen LogP contribution in [0.4, 0.5) is 5.69 Å². The van der Waals surface area contributed by atoms with Crippen LogP contribution in [0, 0.1) is 6.92 Å². The Labute approximate surface area is 187 Å². The third kappa shape index (κ3) is 5.16. The van der Waals surface area contributed by atoms with Crippen molar-refractivity contribution in [3.05, 3.63) is 95.7 Å². The molecule has 3 aromatic carbocycles. The van der Waals surface area contributed by atoms with E-state index in [1.54, 1.807) is 31.4 Å². The van der Waals surface area contributed by atoms with E-state index in [1.165, 1.54) is 10.9 Å². The minimum absolute atomic E-state index is 0.238. The summed E-state index contributed by atoms with van der Waals surface area (Å²) >= 11 is 0. The molecule has 0 aliphatic carbocycles. The van der Waals surface area contributed by atoms with Gasteiger partial charge in [-0.25, -0.2) is 0 Å². The van der Waals surface area contributed by atoms with E-state index in [0.717, 1.165) is 23.2 Å². The number of aliphatic imine (C=N–C) groups is 1. The Kier molecular flexibility index (Phi) is 6.51. The number of ether oxygens (including phenoxy) is 1. The van der Waals surface area contributed by atoms with Crippen LogP contribution in [0.1, 0.15) is 21.5 Å². The maximum atomic E-state index is 12.8. The molecule has 4 rings (SSSR count). The molecule has 0 unspecified atom stereocenters. The highest BCUT2D eigenvalue weighted by Crippen LogP contribution is 2.18. The lowest BCUT2D eigenvalue weighted by molar-refractivity contribution is 0.0977. The van der Waals surface area contributed by atoms with Crippen LogP contribution in [0.15, 0.2) is 84.0 Å². The molecule has 0 radical (unpaired) electrons. The molecule has 32 heavy (non-hydrogen) atoms. The molecule has 0 aliphatic heterocycles. The van der Waals surface area contributed by atoms with E-state index in [4.69, 9.17) is 4.74 Å². The molecule has 4 aromatic rings. The van der Waals surface area contributed by atoms with Crippen LogP contribution < -0.4 is 15.4 Å². The Morgan fingerprint density at radius 2 is 1.75 bits per heavy atom. The molecule has 6 heteroatoms. The number of nitrogens with one attached hydrogen (secondary N) is 3. The summed E-state index contributed by atoms with van der Waals surface area (Å²) < 4.78 is 5.17. The number of fused-ring (bicyclic) bond motifs is 1. The average molecular weight is 427 g/mol. The van der Waals surface area contributed by atoms with Crippen LogP contribution in [0.5, 0.6) is 5.75 Å². The highest BCUT2D eigenvalue weighted by atomic mass is 16.5. The smallest absolute Gasteiger partial charge is 0.257 e. The normalized spacial score (nSPS) is 11.4. The van der Waals surface area contributed by atoms with Crippen molar-refractivity contribution >= 4 is 28.5 Å². The number of methoxy groups -OCH3 is 1. The largest absolute Gasteiger partial charge is 0.497 e. The van der Waals surface area contributed by atoms with E-state index >= 15 is 0 Å². The van der Waals surface area contributed by atoms with Gasteiger partial charge in [-0.2, -0.15) is 0 Å². The van der Waals surface area contributed by atoms with Gasteiger partial charge in [0.25, 0.3) is 5.91 Å². The number of nitrogens with zero attached hydrogens (tertiary/aromatic N) is 1. The number of benzene rings is 3. The molecule has 0 fully saturated rings. The summed E-state index contributed by atoms with van der Waals surface area (Å²) in [6.45, 7) is 2.56. The monoisotopic (exact) mass is 426 g/mol. The summed E-state index contributed by atoms with van der Waals surface area (Å²) in [6, 6.07) is 23.1. The Balaban J connectivity index is 1.50. The fourth-order valence-corrected chi connectivity index (χ4v) is 3.43. The Hall–Kier alpha value is -4.06. The van der Waals surface area contributed by atoms with Gasteiger partial charge < -0.3 is 15.0 Å². The summed E-state index contributed by atoms with van der Waals surface area (Å²) in [4.78, 5) is 20.7. The second kappa shape index (κ2) is 9.83. The van der Waals surface area contributed by atoms with Crippen molar-refractivity contribution in [2.75, 3.05) is 19.0 Å². The highest BCUT2D eigenvalue weighted by molar-refractivity contribution is 6.10. The van der Waals surface area contributed by atoms with E-state index in [1.807, 2.05) is 49.5 Å². The Morgan fingerprint density at radius 3 is 2.50 bits per heavy atom. The van der Waals surface area contributed by atoms with Gasteiger partial charge >= 0.3 is 0 Å². The molecule has 1 heterocycles. The molecule has 0 aliphatic rings. The van der Waals surface area contributed by atoms with E-state index < -0.39 is 0 Å². The third-order valence-electron chi connectivity index (χ3n) is 5.22. The van der Waals surface area contributed by atoms with Crippen LogP contribution in [-0.2, 0) is 6.42 Å². The molecule has 0 spiro atoms. The lowest BCUT2D eigenvalue weighted by Crippen LogP contribution is -2.36. The van der Waals surface area contributed by atoms with E-state index in [9.17, 15) is 4.79 Å². The summed E-state index contributed by atoms with van der Waals surface area (Å²) in [5, 5.41) is 7.33. The number of hydrogen-bond donors (Lipinski definition) is 3. The first-order valence-electron chi connectivity index (χ1n) is 10.5. The number of anilines is 1. The van der Waals surface area contributed by atoms with Crippen molar-refractivity contribution in [1.29, 1.82) is 0 Å². The first kappa shape index (κ1) is 21.2. The molecule has 0 saturated carbocycles. The second-order valence-corrected chi connectivity index (χ2v) is 7.51. The zero-order valence-electron chi connectivity index (χ0n) is 18.2. The van der Waals surface area contributed by atoms with Gasteiger partial charge in [-0.1, -0.05) is 35.9 Å². The van der Waals surface area contributed by atoms with Crippen molar-refractivity contribution < 1.29 is 9.53 Å². The number of guanidine groups is 1. The van der Waals surface area contributed by atoms with Crippen molar-refractivity contribution in [2.45, 2.75) is 13.3 Å². The SMILES string of the molecule is COc1ccc(C(=O)NC(=NCCc2c[nH]c3ccccc23)Nc2ccc(C)cc2)cc1. The molecule has 1 amide bonds. The van der Waals surface area contributed by atoms with Crippen LogP contribution in [-0.4, -0.2) is 30.5 Å². The minimum Gasteiger partial charge on any atom is -0.497 e. The van der Waals surface area contributed by atoms with Gasteiger partial charge in [-0.3, -0.25) is 15.1 Å². The number of aryl methyl sites for hydroxylation is 1. The number of para-hydroxylation sites is 1. The van der Waals surface area contributed by atoms with Gasteiger partial charge in [-0.05, 0) is 61.4 Å². The fourth-order valence-electron chi connectivity index (χ4n) is 3.43. The lowest BCUT2D eigenvalue weighted by atomic mass is 10.1. The van der Waals surface area contributed by atoms with E-state index in [0.29, 0.717) is 23.8 Å². The molecule has 0 atom stereocenters. The van der Waals surface area contributed by atoms with E-state index in [-0.39, 0.29) is 5.91 Å². The predicted molar refractivity (Wildman–Crippen MR) is 130 cm³/mol. The molecule has 6 nitrogen and oxygen atoms in total. The Morgan fingerprint density at radius 1 is 1.00 bits per heavy atom. The summed E-state index contributed by atoms with van der Waals surface area (Å²) in [5.74, 6) is 0.875. The first-order chi connectivity index (χ1) is 15.6. The number of H-pyrrole nitrogens is 1. The van der Waals surface area contributed by atoms with Gasteiger partial charge in [-0.15, -0.1) is 0 Å². The Bertz CT molecular complexity index is 1220. The van der Waals surface area contributed by atoms with Gasteiger partial charge in [0, 0.05) is 34.9 Å². The summed E-state index contributed by atoms with van der Waals surface area (Å²) in [6.07, 6.45) is 2.77. The average Bonchev–Trinajstić information content (AvgIpc) is 3.23. The molecule has 0 bridgehead atoms. The van der Waals surface area contributed by atoms with Gasteiger partial charge in [0.1, 0.15) is 5.75 Å². The standard InChI is InChI=1S/C26H26N4O2/c1-18-7-11-21(12-8-18)29-26(30-25(31)19-9-13-22(32-2)14-10-19)27-16-15-20-17-28-24-6-4-3-5-23(20)24/h3-14,17,28H,15-16H2,1-2H3,(H2,27,29,30,31). The second-order valence-electron chi connectivity index (χ2n) is 7.51. The molecular formula is C26H26N4O2. The number of rotatable bonds is 6. The first-order valence-corrected chi connectivity index (χ1v) is 10.5. The number of hydrogen-bond acceptors (Lipinski definition) is 3. The van der Waals surface area contributed by atoms with Crippen molar-refractivity contribution in [2.24, 2.45) is 4.99 Å². The van der Waals surface area contributed by atoms with Crippen LogP contribution in [0.3, 0.4) is 0 Å². The number of aromatic amines is 1. The van der Waals surface area contributed by atoms with Gasteiger partial charge in [0.2, 0.25) is 5.96 Å². The number of carbonyl (C=O) groups is 1. The summed E-state index contributed by atoms with van der Waals surface area (Å²) in [7, 11) is 1.60. The topological polar surface area (TPSA) is 78.5 Å². The number of amides is 1. The quantitative estimate of drug-likeness (QED) is 0.302. The van der Waals surface area contributed by atoms with Crippen LogP contribution >= 0.6 is 0 Å². The molecular weight excluding hydrogens is 400 g/mol. The van der Waals surface area contributed by atoms with Crippen molar-refractivity contribution in [3.8, 4) is 5.75 Å². The minimum atomic E-state index is -0.238. The maximum Gasteiger partial charge on any atom is 0.257 e. The lowest BCUT2D eigenvalue weighted by Gasteiger charge is -2.12. The maximum absolute atomic E-state index is 12.8. The van der Waals surface area contributed by atoms with Crippen molar-refractivity contribution in [1.82, 2.24) is 10.3 Å². The van der Waals surface area contributed by atoms with Crippen molar-refractivity contribution in [3.63, 3.8) is 0 Å².